The van der Waals surface area contributed by atoms with Crippen molar-refractivity contribution in [1.29, 1.82) is 0 Å². The van der Waals surface area contributed by atoms with Gasteiger partial charge in [-0.15, -0.1) is 0 Å². The molecule has 1 heterocycles. The van der Waals surface area contributed by atoms with Gasteiger partial charge in [0.25, 0.3) is 0 Å². The lowest BCUT2D eigenvalue weighted by atomic mass is 10.1. The summed E-state index contributed by atoms with van der Waals surface area (Å²) < 4.78 is 5.42. The van der Waals surface area contributed by atoms with Gasteiger partial charge >= 0.3 is 0 Å². The summed E-state index contributed by atoms with van der Waals surface area (Å²) in [4.78, 5) is 14.6. The highest BCUT2D eigenvalue weighted by atomic mass is 16.3. The van der Waals surface area contributed by atoms with Crippen molar-refractivity contribution in [3.8, 4) is 0 Å². The van der Waals surface area contributed by atoms with E-state index in [2.05, 4.69) is 19.2 Å². The topological polar surface area (TPSA) is 45.5 Å². The average molecular weight is 292 g/mol. The number of rotatable bonds is 8. The van der Waals surface area contributed by atoms with Crippen LogP contribution in [-0.4, -0.2) is 29.4 Å². The molecule has 0 radical (unpaired) electrons. The van der Waals surface area contributed by atoms with Crippen LogP contribution in [0.15, 0.2) is 22.8 Å². The van der Waals surface area contributed by atoms with Crippen LogP contribution < -0.4 is 5.32 Å². The molecular weight excluding hydrogens is 264 g/mol. The third kappa shape index (κ3) is 5.20. The predicted molar refractivity (Wildman–Crippen MR) is 83.9 cm³/mol. The predicted octanol–water partition coefficient (Wildman–Crippen LogP) is 3.33. The van der Waals surface area contributed by atoms with Crippen LogP contribution in [0.4, 0.5) is 0 Å². The molecule has 1 aromatic heterocycles. The molecule has 1 aromatic rings. The number of hydrogen-bond acceptors (Lipinski definition) is 3. The highest BCUT2D eigenvalue weighted by molar-refractivity contribution is 5.76. The molecule has 1 N–H and O–H groups in total. The third-order valence-electron chi connectivity index (χ3n) is 4.11. The molecule has 0 aromatic carbocycles. The Labute approximate surface area is 127 Å². The van der Waals surface area contributed by atoms with Crippen molar-refractivity contribution in [1.82, 2.24) is 10.2 Å². The van der Waals surface area contributed by atoms with Crippen LogP contribution in [0.3, 0.4) is 0 Å². The number of nitrogens with one attached hydrogen (secondary N) is 1. The molecular formula is C17H28N2O2. The van der Waals surface area contributed by atoms with Crippen LogP contribution in [0.5, 0.6) is 0 Å². The molecule has 4 nitrogen and oxygen atoms in total. The summed E-state index contributed by atoms with van der Waals surface area (Å²) >= 11 is 0. The highest BCUT2D eigenvalue weighted by Gasteiger charge is 2.26. The van der Waals surface area contributed by atoms with Crippen LogP contribution in [0, 0.1) is 0 Å². The quantitative estimate of drug-likeness (QED) is 0.748. The van der Waals surface area contributed by atoms with E-state index in [9.17, 15) is 4.79 Å². The Balaban J connectivity index is 1.86. The standard InChI is InChI=1S/C17H28N2O2/c1-14(2)18-11-5-10-17(20)19(15-7-3-4-8-15)13-16-9-6-12-21-16/h6,9,12,14-15,18H,3-5,7-8,10-11,13H2,1-2H3. The number of furan rings is 1. The fourth-order valence-corrected chi connectivity index (χ4v) is 2.98. The van der Waals surface area contributed by atoms with E-state index < -0.39 is 0 Å². The maximum Gasteiger partial charge on any atom is 0.223 e. The summed E-state index contributed by atoms with van der Waals surface area (Å²) in [5, 5.41) is 3.37. The SMILES string of the molecule is CC(C)NCCCC(=O)N(Cc1ccco1)C1CCCC1. The van der Waals surface area contributed by atoms with Gasteiger partial charge in [-0.2, -0.15) is 0 Å². The molecule has 4 heteroatoms. The first-order valence-electron chi connectivity index (χ1n) is 8.22. The second-order valence-electron chi connectivity index (χ2n) is 6.25. The van der Waals surface area contributed by atoms with Crippen LogP contribution >= 0.6 is 0 Å². The smallest absolute Gasteiger partial charge is 0.223 e. The van der Waals surface area contributed by atoms with Gasteiger partial charge in [0.1, 0.15) is 5.76 Å². The molecule has 0 bridgehead atoms. The Morgan fingerprint density at radius 3 is 2.81 bits per heavy atom. The van der Waals surface area contributed by atoms with Crippen LogP contribution in [0.2, 0.25) is 0 Å². The van der Waals surface area contributed by atoms with Gasteiger partial charge in [0.2, 0.25) is 5.91 Å². The van der Waals surface area contributed by atoms with Gasteiger partial charge in [0.05, 0.1) is 12.8 Å². The van der Waals surface area contributed by atoms with Crippen molar-refractivity contribution in [3.63, 3.8) is 0 Å². The fourth-order valence-electron chi connectivity index (χ4n) is 2.98. The van der Waals surface area contributed by atoms with Crippen LogP contribution in [-0.2, 0) is 11.3 Å². The first-order valence-corrected chi connectivity index (χ1v) is 8.22. The molecule has 21 heavy (non-hydrogen) atoms. The van der Waals surface area contributed by atoms with Crippen molar-refractivity contribution < 1.29 is 9.21 Å². The average Bonchev–Trinajstić information content (AvgIpc) is 3.12. The van der Waals surface area contributed by atoms with Gasteiger partial charge in [-0.05, 0) is 37.9 Å². The Morgan fingerprint density at radius 1 is 1.43 bits per heavy atom. The number of hydrogen-bond donors (Lipinski definition) is 1. The minimum absolute atomic E-state index is 0.267. The molecule has 1 fully saturated rings. The molecule has 0 spiro atoms. The zero-order valence-corrected chi connectivity index (χ0v) is 13.3. The summed E-state index contributed by atoms with van der Waals surface area (Å²) in [6.45, 7) is 5.78. The van der Waals surface area contributed by atoms with E-state index in [1.807, 2.05) is 17.0 Å². The zero-order chi connectivity index (χ0) is 15.1. The summed E-state index contributed by atoms with van der Waals surface area (Å²) in [7, 11) is 0. The monoisotopic (exact) mass is 292 g/mol. The van der Waals surface area contributed by atoms with E-state index in [4.69, 9.17) is 4.42 Å². The summed E-state index contributed by atoms with van der Waals surface area (Å²) in [5.74, 6) is 1.15. The molecule has 1 aliphatic carbocycles. The number of nitrogens with zero attached hydrogens (tertiary/aromatic N) is 1. The van der Waals surface area contributed by atoms with Crippen molar-refractivity contribution in [2.45, 2.75) is 71.0 Å². The van der Waals surface area contributed by atoms with Gasteiger partial charge in [0, 0.05) is 18.5 Å². The van der Waals surface area contributed by atoms with Crippen molar-refractivity contribution in [3.05, 3.63) is 24.2 Å². The van der Waals surface area contributed by atoms with E-state index in [1.165, 1.54) is 12.8 Å². The van der Waals surface area contributed by atoms with Gasteiger partial charge in [-0.1, -0.05) is 26.7 Å². The lowest BCUT2D eigenvalue weighted by Crippen LogP contribution is -2.38. The molecule has 2 rings (SSSR count). The summed E-state index contributed by atoms with van der Waals surface area (Å²) in [6, 6.07) is 4.73. The van der Waals surface area contributed by atoms with E-state index in [-0.39, 0.29) is 5.91 Å². The Morgan fingerprint density at radius 2 is 2.19 bits per heavy atom. The second-order valence-corrected chi connectivity index (χ2v) is 6.25. The molecule has 0 unspecified atom stereocenters. The minimum Gasteiger partial charge on any atom is -0.467 e. The molecule has 1 aliphatic rings. The van der Waals surface area contributed by atoms with E-state index in [0.29, 0.717) is 25.0 Å². The van der Waals surface area contributed by atoms with Crippen molar-refractivity contribution in [2.24, 2.45) is 0 Å². The van der Waals surface area contributed by atoms with E-state index >= 15 is 0 Å². The Kier molecular flexibility index (Phi) is 6.30. The van der Waals surface area contributed by atoms with Crippen molar-refractivity contribution >= 4 is 5.91 Å². The maximum atomic E-state index is 12.6. The molecule has 118 valence electrons. The molecule has 1 saturated carbocycles. The van der Waals surface area contributed by atoms with Gasteiger partial charge in [-0.3, -0.25) is 4.79 Å². The molecule has 0 aliphatic heterocycles. The first-order chi connectivity index (χ1) is 10.2. The van der Waals surface area contributed by atoms with E-state index in [0.717, 1.165) is 31.6 Å². The van der Waals surface area contributed by atoms with Gasteiger partial charge in [-0.25, -0.2) is 0 Å². The Hall–Kier alpha value is -1.29. The van der Waals surface area contributed by atoms with Gasteiger partial charge in [0.15, 0.2) is 0 Å². The van der Waals surface area contributed by atoms with E-state index in [1.54, 1.807) is 6.26 Å². The fraction of sp³-hybridized carbons (Fsp3) is 0.706. The lowest BCUT2D eigenvalue weighted by Gasteiger charge is -2.28. The number of carbonyl (C=O) groups excluding carboxylic acids is 1. The summed E-state index contributed by atoms with van der Waals surface area (Å²) in [6.07, 6.45) is 7.95. The van der Waals surface area contributed by atoms with Gasteiger partial charge < -0.3 is 14.6 Å². The van der Waals surface area contributed by atoms with Crippen molar-refractivity contribution in [2.75, 3.05) is 6.54 Å². The maximum absolute atomic E-state index is 12.6. The first kappa shape index (κ1) is 16.1. The van der Waals surface area contributed by atoms with Crippen LogP contribution in [0.1, 0.15) is 58.1 Å². The van der Waals surface area contributed by atoms with Crippen LogP contribution in [0.25, 0.3) is 0 Å². The molecule has 1 amide bonds. The molecule has 0 saturated heterocycles. The third-order valence-corrected chi connectivity index (χ3v) is 4.11. The summed E-state index contributed by atoms with van der Waals surface area (Å²) in [5.41, 5.74) is 0. The minimum atomic E-state index is 0.267. The largest absolute Gasteiger partial charge is 0.467 e. The normalized spacial score (nSPS) is 15.8. The highest BCUT2D eigenvalue weighted by Crippen LogP contribution is 2.26. The number of carbonyl (C=O) groups is 1. The zero-order valence-electron chi connectivity index (χ0n) is 13.3. The number of amides is 1. The molecule has 0 atom stereocenters. The Bertz CT molecular complexity index is 408. The second kappa shape index (κ2) is 8.23. The lowest BCUT2D eigenvalue weighted by molar-refractivity contribution is -0.134.